The SMILES string of the molecule is C=C(/C=C\C(=C/C)OC)C1(c2ccc(F)cc2)CCCCC1. The zero-order chi connectivity index (χ0) is 16.0. The van der Waals surface area contributed by atoms with E-state index in [4.69, 9.17) is 4.74 Å². The summed E-state index contributed by atoms with van der Waals surface area (Å²) >= 11 is 0. The van der Waals surface area contributed by atoms with E-state index in [0.717, 1.165) is 24.2 Å². The molecule has 0 saturated heterocycles. The number of rotatable bonds is 5. The Morgan fingerprint density at radius 2 is 1.77 bits per heavy atom. The van der Waals surface area contributed by atoms with Crippen LogP contribution in [0.25, 0.3) is 0 Å². The minimum atomic E-state index is -0.188. The van der Waals surface area contributed by atoms with E-state index in [9.17, 15) is 4.39 Å². The average molecular weight is 300 g/mol. The van der Waals surface area contributed by atoms with Crippen molar-refractivity contribution >= 4 is 0 Å². The standard InChI is InChI=1S/C20H25FO/c1-4-19(22-3)13-8-16(2)20(14-6-5-7-15-20)17-9-11-18(21)12-10-17/h4,8-13H,2,5-7,14-15H2,1,3H3/b13-8-,19-4+. The Kier molecular flexibility index (Phi) is 5.59. The lowest BCUT2D eigenvalue weighted by Gasteiger charge is -2.39. The highest BCUT2D eigenvalue weighted by Crippen LogP contribution is 2.45. The van der Waals surface area contributed by atoms with E-state index in [1.54, 1.807) is 19.2 Å². The van der Waals surface area contributed by atoms with E-state index < -0.39 is 0 Å². The lowest BCUT2D eigenvalue weighted by Crippen LogP contribution is -2.30. The summed E-state index contributed by atoms with van der Waals surface area (Å²) in [5.41, 5.74) is 2.17. The smallest absolute Gasteiger partial charge is 0.123 e. The fraction of sp³-hybridized carbons (Fsp3) is 0.400. The summed E-state index contributed by atoms with van der Waals surface area (Å²) < 4.78 is 18.5. The monoisotopic (exact) mass is 300 g/mol. The summed E-state index contributed by atoms with van der Waals surface area (Å²) in [7, 11) is 1.67. The van der Waals surface area contributed by atoms with Crippen molar-refractivity contribution in [2.45, 2.75) is 44.4 Å². The van der Waals surface area contributed by atoms with Gasteiger partial charge in [-0.15, -0.1) is 0 Å². The van der Waals surface area contributed by atoms with E-state index in [2.05, 4.69) is 6.58 Å². The van der Waals surface area contributed by atoms with Crippen LogP contribution in [0.3, 0.4) is 0 Å². The van der Waals surface area contributed by atoms with Crippen molar-refractivity contribution in [1.29, 1.82) is 0 Å². The molecule has 22 heavy (non-hydrogen) atoms. The molecular weight excluding hydrogens is 275 g/mol. The summed E-state index contributed by atoms with van der Waals surface area (Å²) in [5.74, 6) is 0.637. The maximum atomic E-state index is 13.3. The van der Waals surface area contributed by atoms with Crippen molar-refractivity contribution in [2.24, 2.45) is 0 Å². The number of halogens is 1. The molecule has 0 spiro atoms. The van der Waals surface area contributed by atoms with Crippen molar-refractivity contribution in [3.05, 3.63) is 71.8 Å². The molecular formula is C20H25FO. The molecule has 0 aliphatic heterocycles. The van der Waals surface area contributed by atoms with Crippen LogP contribution in [0.15, 0.2) is 60.4 Å². The van der Waals surface area contributed by atoms with Gasteiger partial charge in [-0.3, -0.25) is 0 Å². The second-order valence-electron chi connectivity index (χ2n) is 5.90. The lowest BCUT2D eigenvalue weighted by atomic mass is 9.65. The quantitative estimate of drug-likeness (QED) is 0.501. The van der Waals surface area contributed by atoms with Crippen LogP contribution in [-0.2, 0) is 10.2 Å². The van der Waals surface area contributed by atoms with Crippen LogP contribution in [0.2, 0.25) is 0 Å². The molecule has 0 unspecified atom stereocenters. The van der Waals surface area contributed by atoms with Crippen molar-refractivity contribution in [3.63, 3.8) is 0 Å². The van der Waals surface area contributed by atoms with Crippen molar-refractivity contribution in [2.75, 3.05) is 7.11 Å². The highest BCUT2D eigenvalue weighted by Gasteiger charge is 2.35. The van der Waals surface area contributed by atoms with E-state index in [-0.39, 0.29) is 11.2 Å². The molecule has 1 aliphatic carbocycles. The molecule has 0 radical (unpaired) electrons. The van der Waals surface area contributed by atoms with Gasteiger partial charge >= 0.3 is 0 Å². The predicted molar refractivity (Wildman–Crippen MR) is 90.2 cm³/mol. The predicted octanol–water partition coefficient (Wildman–Crippen LogP) is 5.69. The van der Waals surface area contributed by atoms with Crippen LogP contribution in [-0.4, -0.2) is 7.11 Å². The molecule has 1 fully saturated rings. The molecule has 2 heteroatoms. The molecule has 1 aromatic carbocycles. The molecule has 0 N–H and O–H groups in total. The average Bonchev–Trinajstić information content (AvgIpc) is 2.56. The Hall–Kier alpha value is -1.83. The maximum absolute atomic E-state index is 13.3. The molecule has 0 heterocycles. The van der Waals surface area contributed by atoms with Crippen molar-refractivity contribution in [3.8, 4) is 0 Å². The molecule has 0 atom stereocenters. The Balaban J connectivity index is 2.33. The topological polar surface area (TPSA) is 9.23 Å². The van der Waals surface area contributed by atoms with E-state index in [1.165, 1.54) is 24.8 Å². The van der Waals surface area contributed by atoms with Gasteiger partial charge in [0.25, 0.3) is 0 Å². The summed E-state index contributed by atoms with van der Waals surface area (Å²) in [6.45, 7) is 6.27. The lowest BCUT2D eigenvalue weighted by molar-refractivity contribution is 0.305. The van der Waals surface area contributed by atoms with Gasteiger partial charge in [0.2, 0.25) is 0 Å². The second-order valence-corrected chi connectivity index (χ2v) is 5.90. The minimum Gasteiger partial charge on any atom is -0.497 e. The molecule has 1 aliphatic rings. The first-order chi connectivity index (χ1) is 10.6. The van der Waals surface area contributed by atoms with Gasteiger partial charge in [-0.2, -0.15) is 0 Å². The van der Waals surface area contributed by atoms with Gasteiger partial charge in [0.05, 0.1) is 7.11 Å². The molecule has 118 valence electrons. The molecule has 0 aromatic heterocycles. The zero-order valence-electron chi connectivity index (χ0n) is 13.6. The largest absolute Gasteiger partial charge is 0.497 e. The fourth-order valence-corrected chi connectivity index (χ4v) is 3.34. The normalized spacial score (nSPS) is 18.4. The number of hydrogen-bond acceptors (Lipinski definition) is 1. The van der Waals surface area contributed by atoms with Crippen molar-refractivity contribution < 1.29 is 9.13 Å². The van der Waals surface area contributed by atoms with Crippen LogP contribution in [0.5, 0.6) is 0 Å². The van der Waals surface area contributed by atoms with E-state index in [1.807, 2.05) is 37.3 Å². The Morgan fingerprint density at radius 1 is 1.14 bits per heavy atom. The van der Waals surface area contributed by atoms with Gasteiger partial charge in [-0.05, 0) is 55.2 Å². The molecule has 1 saturated carbocycles. The van der Waals surface area contributed by atoms with Gasteiger partial charge in [-0.25, -0.2) is 4.39 Å². The summed E-state index contributed by atoms with van der Waals surface area (Å²) in [6.07, 6.45) is 11.7. The summed E-state index contributed by atoms with van der Waals surface area (Å²) in [6, 6.07) is 6.92. The first-order valence-electron chi connectivity index (χ1n) is 7.96. The van der Waals surface area contributed by atoms with Crippen LogP contribution < -0.4 is 0 Å². The zero-order valence-corrected chi connectivity index (χ0v) is 13.6. The number of methoxy groups -OCH3 is 1. The first kappa shape index (κ1) is 16.5. The van der Waals surface area contributed by atoms with Crippen LogP contribution in [0.1, 0.15) is 44.6 Å². The molecule has 1 aromatic rings. The van der Waals surface area contributed by atoms with E-state index in [0.29, 0.717) is 0 Å². The van der Waals surface area contributed by atoms with Crippen molar-refractivity contribution in [1.82, 2.24) is 0 Å². The van der Waals surface area contributed by atoms with Crippen LogP contribution in [0, 0.1) is 5.82 Å². The Morgan fingerprint density at radius 3 is 2.32 bits per heavy atom. The number of benzene rings is 1. The molecule has 0 amide bonds. The van der Waals surface area contributed by atoms with Gasteiger partial charge in [0.1, 0.15) is 11.6 Å². The van der Waals surface area contributed by atoms with Gasteiger partial charge in [0.15, 0.2) is 0 Å². The molecule has 0 bridgehead atoms. The maximum Gasteiger partial charge on any atom is 0.123 e. The third-order valence-corrected chi connectivity index (χ3v) is 4.69. The highest BCUT2D eigenvalue weighted by atomic mass is 19.1. The first-order valence-corrected chi connectivity index (χ1v) is 7.96. The molecule has 2 rings (SSSR count). The van der Waals surface area contributed by atoms with Gasteiger partial charge in [0, 0.05) is 5.41 Å². The minimum absolute atomic E-state index is 0.0744. The number of allylic oxidation sites excluding steroid dienone is 4. The summed E-state index contributed by atoms with van der Waals surface area (Å²) in [5, 5.41) is 0. The highest BCUT2D eigenvalue weighted by molar-refractivity contribution is 5.42. The molecule has 1 nitrogen and oxygen atoms in total. The third kappa shape index (κ3) is 3.49. The van der Waals surface area contributed by atoms with E-state index >= 15 is 0 Å². The number of hydrogen-bond donors (Lipinski definition) is 0. The van der Waals surface area contributed by atoms with Gasteiger partial charge in [-0.1, -0.05) is 44.1 Å². The third-order valence-electron chi connectivity index (χ3n) is 4.69. The second kappa shape index (κ2) is 7.44. The fourth-order valence-electron chi connectivity index (χ4n) is 3.34. The summed E-state index contributed by atoms with van der Waals surface area (Å²) in [4.78, 5) is 0. The Labute approximate surface area is 133 Å². The number of ether oxygens (including phenoxy) is 1. The van der Waals surface area contributed by atoms with Crippen LogP contribution in [0.4, 0.5) is 4.39 Å². The van der Waals surface area contributed by atoms with Crippen LogP contribution >= 0.6 is 0 Å². The van der Waals surface area contributed by atoms with Gasteiger partial charge < -0.3 is 4.74 Å². The Bertz CT molecular complexity index is 560.